The molecule has 1 aliphatic rings. The van der Waals surface area contributed by atoms with Crippen molar-refractivity contribution in [3.8, 4) is 0 Å². The van der Waals surface area contributed by atoms with Gasteiger partial charge in [-0.1, -0.05) is 6.92 Å². The average Bonchev–Trinajstić information content (AvgIpc) is 2.75. The van der Waals surface area contributed by atoms with E-state index in [0.717, 1.165) is 13.0 Å². The van der Waals surface area contributed by atoms with Crippen molar-refractivity contribution >= 4 is 26.9 Å². The summed E-state index contributed by atoms with van der Waals surface area (Å²) in [4.78, 5) is 10.5. The van der Waals surface area contributed by atoms with Crippen molar-refractivity contribution in [1.29, 1.82) is 0 Å². The lowest BCUT2D eigenvalue weighted by Gasteiger charge is -2.14. The van der Waals surface area contributed by atoms with Gasteiger partial charge in [-0.25, -0.2) is 8.42 Å². The number of nitrogens with one attached hydrogen (secondary N) is 2. The van der Waals surface area contributed by atoms with E-state index >= 15 is 0 Å². The molecule has 1 atom stereocenters. The largest absolute Gasteiger partial charge is 0.385 e. The Morgan fingerprint density at radius 2 is 2.05 bits per heavy atom. The van der Waals surface area contributed by atoms with Crippen LogP contribution in [0, 0.1) is 10.1 Å². The van der Waals surface area contributed by atoms with Crippen LogP contribution in [0.2, 0.25) is 0 Å². The third-order valence-electron chi connectivity index (χ3n) is 3.31. The number of benzene rings is 1. The predicted molar refractivity (Wildman–Crippen MR) is 82.6 cm³/mol. The average molecular weight is 313 g/mol. The Labute approximate surface area is 123 Å². The van der Waals surface area contributed by atoms with E-state index in [0.29, 0.717) is 17.8 Å². The van der Waals surface area contributed by atoms with E-state index in [1.807, 2.05) is 6.92 Å². The fourth-order valence-electron chi connectivity index (χ4n) is 2.32. The van der Waals surface area contributed by atoms with Gasteiger partial charge in [-0.3, -0.25) is 10.1 Å². The van der Waals surface area contributed by atoms with Gasteiger partial charge in [0.25, 0.3) is 5.69 Å². The molecular formula is C13H19N3O4S. The summed E-state index contributed by atoms with van der Waals surface area (Å²) in [5, 5.41) is 17.2. The highest BCUT2D eigenvalue weighted by atomic mass is 32.2. The fourth-order valence-corrected chi connectivity index (χ4v) is 3.99. The molecule has 1 saturated heterocycles. The first-order valence-electron chi connectivity index (χ1n) is 6.90. The van der Waals surface area contributed by atoms with Crippen LogP contribution in [0.15, 0.2) is 18.2 Å². The van der Waals surface area contributed by atoms with Gasteiger partial charge in [0.15, 0.2) is 9.84 Å². The topological polar surface area (TPSA) is 101 Å². The highest BCUT2D eigenvalue weighted by Gasteiger charge is 2.28. The molecule has 0 bridgehead atoms. The molecular weight excluding hydrogens is 294 g/mol. The third-order valence-corrected chi connectivity index (χ3v) is 5.08. The number of non-ortho nitro benzene ring substituents is 1. The molecule has 21 heavy (non-hydrogen) atoms. The molecule has 0 saturated carbocycles. The smallest absolute Gasteiger partial charge is 0.273 e. The van der Waals surface area contributed by atoms with Crippen molar-refractivity contribution < 1.29 is 13.3 Å². The minimum atomic E-state index is -2.98. The van der Waals surface area contributed by atoms with Crippen molar-refractivity contribution in [1.82, 2.24) is 0 Å². The van der Waals surface area contributed by atoms with Gasteiger partial charge in [-0.05, 0) is 18.9 Å². The number of nitrogens with zero attached hydrogens (tertiary/aromatic N) is 1. The van der Waals surface area contributed by atoms with E-state index in [1.165, 1.54) is 12.1 Å². The zero-order chi connectivity index (χ0) is 15.5. The molecule has 1 unspecified atom stereocenters. The second-order valence-electron chi connectivity index (χ2n) is 5.20. The Morgan fingerprint density at radius 1 is 1.33 bits per heavy atom. The highest BCUT2D eigenvalue weighted by molar-refractivity contribution is 7.91. The van der Waals surface area contributed by atoms with E-state index in [2.05, 4.69) is 10.6 Å². The lowest BCUT2D eigenvalue weighted by Crippen LogP contribution is -2.20. The van der Waals surface area contributed by atoms with Crippen LogP contribution in [-0.2, 0) is 9.84 Å². The summed E-state index contributed by atoms with van der Waals surface area (Å²) in [5.41, 5.74) is 1.22. The molecule has 0 amide bonds. The van der Waals surface area contributed by atoms with Gasteiger partial charge in [-0.2, -0.15) is 0 Å². The second kappa shape index (κ2) is 6.30. The standard InChI is InChI=1S/C13H19N3O4S/c1-2-4-14-11-6-12(8-13(7-11)16(17)18)15-10-3-5-21(19,20)9-10/h6-8,10,14-15H,2-5,9H2,1H3. The minimum Gasteiger partial charge on any atom is -0.385 e. The summed E-state index contributed by atoms with van der Waals surface area (Å²) in [6.45, 7) is 2.73. The molecule has 1 fully saturated rings. The van der Waals surface area contributed by atoms with Crippen LogP contribution >= 0.6 is 0 Å². The molecule has 1 aromatic carbocycles. The van der Waals surface area contributed by atoms with Crippen LogP contribution < -0.4 is 10.6 Å². The summed E-state index contributed by atoms with van der Waals surface area (Å²) in [6.07, 6.45) is 1.44. The SMILES string of the molecule is CCCNc1cc(NC2CCS(=O)(=O)C2)cc([N+](=O)[O-])c1. The lowest BCUT2D eigenvalue weighted by molar-refractivity contribution is -0.384. The zero-order valence-corrected chi connectivity index (χ0v) is 12.6. The van der Waals surface area contributed by atoms with Crippen LogP contribution in [0.1, 0.15) is 19.8 Å². The van der Waals surface area contributed by atoms with Crippen molar-refractivity contribution in [2.45, 2.75) is 25.8 Å². The molecule has 2 rings (SSSR count). The normalized spacial score (nSPS) is 20.1. The van der Waals surface area contributed by atoms with E-state index in [4.69, 9.17) is 0 Å². The summed E-state index contributed by atoms with van der Waals surface area (Å²) in [5.74, 6) is 0.244. The second-order valence-corrected chi connectivity index (χ2v) is 7.43. The third kappa shape index (κ3) is 4.32. The maximum Gasteiger partial charge on any atom is 0.273 e. The van der Waals surface area contributed by atoms with E-state index in [1.54, 1.807) is 6.07 Å². The van der Waals surface area contributed by atoms with Gasteiger partial charge in [0.2, 0.25) is 0 Å². The maximum atomic E-state index is 11.5. The fraction of sp³-hybridized carbons (Fsp3) is 0.538. The molecule has 8 heteroatoms. The molecule has 0 spiro atoms. The van der Waals surface area contributed by atoms with Crippen LogP contribution in [0.4, 0.5) is 17.1 Å². The molecule has 2 N–H and O–H groups in total. The van der Waals surface area contributed by atoms with Crippen LogP contribution in [0.3, 0.4) is 0 Å². The molecule has 116 valence electrons. The maximum absolute atomic E-state index is 11.5. The lowest BCUT2D eigenvalue weighted by atomic mass is 10.2. The molecule has 7 nitrogen and oxygen atoms in total. The number of anilines is 2. The van der Waals surface area contributed by atoms with Crippen LogP contribution in [-0.4, -0.2) is 37.4 Å². The van der Waals surface area contributed by atoms with Gasteiger partial charge in [-0.15, -0.1) is 0 Å². The number of hydrogen-bond donors (Lipinski definition) is 2. The van der Waals surface area contributed by atoms with Gasteiger partial charge < -0.3 is 10.6 Å². The summed E-state index contributed by atoms with van der Waals surface area (Å²) in [6, 6.07) is 4.50. The molecule has 1 heterocycles. The first-order valence-corrected chi connectivity index (χ1v) is 8.72. The molecule has 0 radical (unpaired) electrons. The van der Waals surface area contributed by atoms with Crippen molar-refractivity contribution in [2.75, 3.05) is 28.7 Å². The Kier molecular flexibility index (Phi) is 4.66. The Bertz CT molecular complexity index is 630. The first-order chi connectivity index (χ1) is 9.89. The van der Waals surface area contributed by atoms with Gasteiger partial charge in [0.05, 0.1) is 16.4 Å². The Hall–Kier alpha value is -1.83. The summed E-state index contributed by atoms with van der Waals surface area (Å²) in [7, 11) is -2.98. The van der Waals surface area contributed by atoms with Crippen LogP contribution in [0.5, 0.6) is 0 Å². The first kappa shape index (κ1) is 15.6. The summed E-state index contributed by atoms with van der Waals surface area (Å²) >= 11 is 0. The van der Waals surface area contributed by atoms with Crippen molar-refractivity contribution in [3.05, 3.63) is 28.3 Å². The highest BCUT2D eigenvalue weighted by Crippen LogP contribution is 2.26. The van der Waals surface area contributed by atoms with E-state index < -0.39 is 14.8 Å². The quantitative estimate of drug-likeness (QED) is 0.615. The van der Waals surface area contributed by atoms with E-state index in [9.17, 15) is 18.5 Å². The number of hydrogen-bond acceptors (Lipinski definition) is 6. The summed E-state index contributed by atoms with van der Waals surface area (Å²) < 4.78 is 22.9. The number of rotatable bonds is 6. The molecule has 1 aliphatic heterocycles. The van der Waals surface area contributed by atoms with Gasteiger partial charge >= 0.3 is 0 Å². The van der Waals surface area contributed by atoms with Crippen molar-refractivity contribution in [3.63, 3.8) is 0 Å². The number of nitro groups is 1. The van der Waals surface area contributed by atoms with Crippen LogP contribution in [0.25, 0.3) is 0 Å². The van der Waals surface area contributed by atoms with Gasteiger partial charge in [0.1, 0.15) is 0 Å². The monoisotopic (exact) mass is 313 g/mol. The van der Waals surface area contributed by atoms with E-state index in [-0.39, 0.29) is 23.2 Å². The predicted octanol–water partition coefficient (Wildman–Crippen LogP) is 2.02. The Morgan fingerprint density at radius 3 is 2.62 bits per heavy atom. The zero-order valence-electron chi connectivity index (χ0n) is 11.8. The molecule has 0 aliphatic carbocycles. The molecule has 1 aromatic rings. The van der Waals surface area contributed by atoms with Gasteiger partial charge in [0, 0.05) is 36.1 Å². The molecule has 0 aromatic heterocycles. The minimum absolute atomic E-state index is 0.0144. The number of sulfone groups is 1. The van der Waals surface area contributed by atoms with Crippen molar-refractivity contribution in [2.24, 2.45) is 0 Å². The Balaban J connectivity index is 2.17. The number of nitro benzene ring substituents is 1.